The molecule has 0 atom stereocenters. The molecule has 0 N–H and O–H groups in total. The van der Waals surface area contributed by atoms with Gasteiger partial charge in [0.2, 0.25) is 0 Å². The molecule has 1 nitrogen and oxygen atoms in total. The fourth-order valence-corrected chi connectivity index (χ4v) is 2.10. The molecule has 0 saturated heterocycles. The first kappa shape index (κ1) is 10.5. The van der Waals surface area contributed by atoms with E-state index >= 15 is 0 Å². The number of hydrogen-bond acceptors (Lipinski definition) is 2. The lowest BCUT2D eigenvalue weighted by Crippen LogP contribution is -2.40. The van der Waals surface area contributed by atoms with Crippen LogP contribution in [-0.4, -0.2) is 14.3 Å². The Balaban J connectivity index is 4.10. The molecule has 0 heterocycles. The summed E-state index contributed by atoms with van der Waals surface area (Å²) in [4.78, 5) is 0. The maximum atomic E-state index is 5.60. The van der Waals surface area contributed by atoms with Crippen molar-refractivity contribution in [1.82, 2.24) is 0 Å². The van der Waals surface area contributed by atoms with Crippen LogP contribution in [0.5, 0.6) is 0 Å². The molecule has 0 aliphatic heterocycles. The molecule has 0 amide bonds. The monoisotopic (exact) mass is 178 g/mol. The first-order valence-electron chi connectivity index (χ1n) is 3.56. The Bertz CT molecular complexity index is 107. The van der Waals surface area contributed by atoms with Crippen molar-refractivity contribution in [3.8, 4) is 0 Å². The zero-order valence-electron chi connectivity index (χ0n) is 7.56. The fraction of sp³-hybridized carbons (Fsp3) is 1.00. The Morgan fingerprint density at radius 2 is 1.70 bits per heavy atom. The first-order chi connectivity index (χ1) is 4.31. The van der Waals surface area contributed by atoms with Crippen molar-refractivity contribution in [2.24, 2.45) is 0 Å². The number of thiol groups is 1. The topological polar surface area (TPSA) is 9.23 Å². The zero-order valence-corrected chi connectivity index (χ0v) is 9.46. The van der Waals surface area contributed by atoms with Crippen molar-refractivity contribution in [3.05, 3.63) is 0 Å². The van der Waals surface area contributed by atoms with E-state index in [1.54, 1.807) is 0 Å². The Morgan fingerprint density at radius 3 is 1.80 bits per heavy atom. The van der Waals surface area contributed by atoms with Gasteiger partial charge in [0.05, 0.1) is 5.94 Å². The molecule has 0 aromatic carbocycles. The third-order valence-electron chi connectivity index (χ3n) is 2.23. The van der Waals surface area contributed by atoms with Gasteiger partial charge in [-0.05, 0) is 18.1 Å². The quantitative estimate of drug-likeness (QED) is 0.389. The second-order valence-electron chi connectivity index (χ2n) is 4.03. The molecule has 0 aromatic rings. The van der Waals surface area contributed by atoms with Crippen LogP contribution in [0.2, 0.25) is 18.1 Å². The molecule has 0 aliphatic rings. The van der Waals surface area contributed by atoms with Gasteiger partial charge in [-0.2, -0.15) is 12.6 Å². The van der Waals surface area contributed by atoms with Gasteiger partial charge in [0, 0.05) is 0 Å². The van der Waals surface area contributed by atoms with Crippen LogP contribution in [0.25, 0.3) is 0 Å². The molecule has 10 heavy (non-hydrogen) atoms. The molecule has 0 fully saturated rings. The highest BCUT2D eigenvalue weighted by Crippen LogP contribution is 2.36. The minimum atomic E-state index is -1.48. The first-order valence-corrected chi connectivity index (χ1v) is 7.10. The van der Waals surface area contributed by atoms with Gasteiger partial charge in [-0.3, -0.25) is 0 Å². The zero-order chi connectivity index (χ0) is 8.41. The van der Waals surface area contributed by atoms with E-state index in [4.69, 9.17) is 4.43 Å². The summed E-state index contributed by atoms with van der Waals surface area (Å²) in [7, 11) is -1.48. The van der Waals surface area contributed by atoms with Crippen molar-refractivity contribution >= 4 is 20.9 Å². The summed E-state index contributed by atoms with van der Waals surface area (Å²) < 4.78 is 5.60. The largest absolute Gasteiger partial charge is 0.408 e. The van der Waals surface area contributed by atoms with Crippen LogP contribution in [0.15, 0.2) is 0 Å². The Hall–Kier alpha value is 0.527. The molecule has 0 unspecified atom stereocenters. The molecule has 0 aliphatic carbocycles. The van der Waals surface area contributed by atoms with Gasteiger partial charge in [-0.1, -0.05) is 20.8 Å². The summed E-state index contributed by atoms with van der Waals surface area (Å²) in [5.41, 5.74) is 0. The van der Waals surface area contributed by atoms with E-state index in [1.807, 2.05) is 0 Å². The van der Waals surface area contributed by atoms with Crippen LogP contribution < -0.4 is 0 Å². The Morgan fingerprint density at radius 1 is 1.30 bits per heavy atom. The van der Waals surface area contributed by atoms with Crippen molar-refractivity contribution < 1.29 is 4.43 Å². The molecule has 0 spiro atoms. The molecule has 62 valence electrons. The number of rotatable bonds is 2. The molecular weight excluding hydrogens is 160 g/mol. The van der Waals surface area contributed by atoms with Gasteiger partial charge in [0.1, 0.15) is 0 Å². The maximum absolute atomic E-state index is 5.60. The van der Waals surface area contributed by atoms with Crippen LogP contribution in [-0.2, 0) is 4.43 Å². The third-order valence-corrected chi connectivity index (χ3v) is 7.08. The second-order valence-corrected chi connectivity index (χ2v) is 9.10. The summed E-state index contributed by atoms with van der Waals surface area (Å²) in [5.74, 6) is 0.552. The smallest absolute Gasteiger partial charge is 0.193 e. The van der Waals surface area contributed by atoms with Crippen LogP contribution >= 0.6 is 12.6 Å². The van der Waals surface area contributed by atoms with E-state index < -0.39 is 8.32 Å². The third kappa shape index (κ3) is 2.64. The lowest BCUT2D eigenvalue weighted by Gasteiger charge is -2.35. The van der Waals surface area contributed by atoms with E-state index in [9.17, 15) is 0 Å². The summed E-state index contributed by atoms with van der Waals surface area (Å²) in [6, 6.07) is 0. The van der Waals surface area contributed by atoms with Gasteiger partial charge in [0.25, 0.3) is 0 Å². The number of hydrogen-bond donors (Lipinski definition) is 1. The fourth-order valence-electron chi connectivity index (χ4n) is 0.378. The summed E-state index contributed by atoms with van der Waals surface area (Å²) in [5, 5.41) is 0.315. The van der Waals surface area contributed by atoms with E-state index in [0.29, 0.717) is 11.0 Å². The summed E-state index contributed by atoms with van der Waals surface area (Å²) in [6.45, 7) is 11.1. The van der Waals surface area contributed by atoms with Gasteiger partial charge in [-0.15, -0.1) is 0 Å². The van der Waals surface area contributed by atoms with Gasteiger partial charge < -0.3 is 4.43 Å². The normalized spacial score (nSPS) is 13.8. The summed E-state index contributed by atoms with van der Waals surface area (Å²) >= 11 is 4.06. The molecular formula is C7H18OSSi. The molecule has 0 bridgehead atoms. The minimum absolute atomic E-state index is 0.315. The SMILES string of the molecule is CC(C)(C)[Si](C)(C)OCS. The van der Waals surface area contributed by atoms with E-state index in [1.165, 1.54) is 0 Å². The van der Waals surface area contributed by atoms with E-state index in [2.05, 4.69) is 46.5 Å². The van der Waals surface area contributed by atoms with Gasteiger partial charge in [-0.25, -0.2) is 0 Å². The molecule has 0 radical (unpaired) electrons. The highest BCUT2D eigenvalue weighted by molar-refractivity contribution is 7.80. The maximum Gasteiger partial charge on any atom is 0.193 e. The van der Waals surface area contributed by atoms with Crippen LogP contribution in [0.3, 0.4) is 0 Å². The summed E-state index contributed by atoms with van der Waals surface area (Å²) in [6.07, 6.45) is 0. The predicted octanol–water partition coefficient (Wildman–Crippen LogP) is 2.90. The predicted molar refractivity (Wildman–Crippen MR) is 52.1 cm³/mol. The highest BCUT2D eigenvalue weighted by Gasteiger charge is 2.36. The van der Waals surface area contributed by atoms with Crippen molar-refractivity contribution in [2.45, 2.75) is 38.9 Å². The van der Waals surface area contributed by atoms with E-state index in [0.717, 1.165) is 0 Å². The van der Waals surface area contributed by atoms with Crippen molar-refractivity contribution in [3.63, 3.8) is 0 Å². The van der Waals surface area contributed by atoms with Crippen molar-refractivity contribution in [2.75, 3.05) is 5.94 Å². The van der Waals surface area contributed by atoms with Gasteiger partial charge in [0.15, 0.2) is 8.32 Å². The molecule has 0 saturated carbocycles. The molecule has 3 heteroatoms. The second kappa shape index (κ2) is 3.28. The van der Waals surface area contributed by atoms with Crippen molar-refractivity contribution in [1.29, 1.82) is 0 Å². The lowest BCUT2D eigenvalue weighted by atomic mass is 10.2. The standard InChI is InChI=1S/C7H18OSSi/c1-7(2,3)10(4,5)8-6-9/h9H,6H2,1-5H3. The average molecular weight is 178 g/mol. The Kier molecular flexibility index (Phi) is 3.46. The molecule has 0 aromatic heterocycles. The van der Waals surface area contributed by atoms with Crippen LogP contribution in [0.1, 0.15) is 20.8 Å². The molecule has 0 rings (SSSR count). The lowest BCUT2D eigenvalue weighted by molar-refractivity contribution is 0.356. The highest BCUT2D eigenvalue weighted by atomic mass is 32.1. The average Bonchev–Trinajstić information content (AvgIpc) is 1.61. The minimum Gasteiger partial charge on any atom is -0.408 e. The Labute approximate surface area is 70.7 Å². The van der Waals surface area contributed by atoms with Crippen LogP contribution in [0, 0.1) is 0 Å². The van der Waals surface area contributed by atoms with E-state index in [-0.39, 0.29) is 0 Å². The van der Waals surface area contributed by atoms with Gasteiger partial charge >= 0.3 is 0 Å². The van der Waals surface area contributed by atoms with Crippen LogP contribution in [0.4, 0.5) is 0 Å².